The number of nitrogens with zero attached hydrogens (tertiary/aromatic N) is 1. The van der Waals surface area contributed by atoms with Gasteiger partial charge in [-0.3, -0.25) is 9.59 Å². The first-order chi connectivity index (χ1) is 9.45. The maximum absolute atomic E-state index is 11.8. The minimum Gasteiger partial charge on any atom is -0.480 e. The molecule has 2 N–H and O–H groups in total. The van der Waals surface area contributed by atoms with Gasteiger partial charge in [-0.15, -0.1) is 0 Å². The van der Waals surface area contributed by atoms with E-state index in [1.807, 2.05) is 6.92 Å². The summed E-state index contributed by atoms with van der Waals surface area (Å²) in [5.41, 5.74) is 0.813. The SMILES string of the molecule is CCCCC(NC(=O)CCn1c(C)csc1=O)C(=O)O. The average molecular weight is 300 g/mol. The van der Waals surface area contributed by atoms with Crippen LogP contribution in [-0.4, -0.2) is 27.6 Å². The number of rotatable bonds is 8. The molecular formula is C13H20N2O4S. The Kier molecular flexibility index (Phi) is 6.44. The molecule has 0 saturated heterocycles. The van der Waals surface area contributed by atoms with Gasteiger partial charge in [0.25, 0.3) is 0 Å². The molecule has 0 aliphatic rings. The Morgan fingerprint density at radius 1 is 1.50 bits per heavy atom. The smallest absolute Gasteiger partial charge is 0.326 e. The molecule has 1 rings (SSSR count). The van der Waals surface area contributed by atoms with Gasteiger partial charge in [-0.05, 0) is 13.3 Å². The van der Waals surface area contributed by atoms with Crippen molar-refractivity contribution in [3.05, 3.63) is 20.7 Å². The highest BCUT2D eigenvalue weighted by Crippen LogP contribution is 2.03. The van der Waals surface area contributed by atoms with Crippen LogP contribution in [0.5, 0.6) is 0 Å². The van der Waals surface area contributed by atoms with Gasteiger partial charge in [-0.25, -0.2) is 4.79 Å². The van der Waals surface area contributed by atoms with Gasteiger partial charge >= 0.3 is 10.8 Å². The molecule has 0 aliphatic carbocycles. The molecular weight excluding hydrogens is 280 g/mol. The molecule has 7 heteroatoms. The maximum atomic E-state index is 11.8. The van der Waals surface area contributed by atoms with E-state index in [-0.39, 0.29) is 23.7 Å². The molecule has 1 amide bonds. The normalized spacial score (nSPS) is 12.1. The Hall–Kier alpha value is -1.63. The van der Waals surface area contributed by atoms with Crippen molar-refractivity contribution in [2.45, 2.75) is 52.1 Å². The van der Waals surface area contributed by atoms with Gasteiger partial charge in [0.1, 0.15) is 6.04 Å². The number of nitrogens with one attached hydrogen (secondary N) is 1. The van der Waals surface area contributed by atoms with Crippen LogP contribution in [0.15, 0.2) is 10.2 Å². The van der Waals surface area contributed by atoms with Crippen molar-refractivity contribution in [1.82, 2.24) is 9.88 Å². The van der Waals surface area contributed by atoms with Crippen molar-refractivity contribution in [1.29, 1.82) is 0 Å². The van der Waals surface area contributed by atoms with E-state index in [1.54, 1.807) is 12.3 Å². The first-order valence-corrected chi connectivity index (χ1v) is 7.50. The molecule has 6 nitrogen and oxygen atoms in total. The molecule has 1 aromatic heterocycles. The van der Waals surface area contributed by atoms with Crippen molar-refractivity contribution in [2.75, 3.05) is 0 Å². The lowest BCUT2D eigenvalue weighted by molar-refractivity contribution is -0.142. The molecule has 1 aromatic rings. The van der Waals surface area contributed by atoms with Crippen LogP contribution in [0.2, 0.25) is 0 Å². The van der Waals surface area contributed by atoms with Crippen molar-refractivity contribution in [3.63, 3.8) is 0 Å². The number of carboxylic acids is 1. The highest BCUT2D eigenvalue weighted by atomic mass is 32.1. The zero-order chi connectivity index (χ0) is 15.1. The quantitative estimate of drug-likeness (QED) is 0.759. The van der Waals surface area contributed by atoms with Gasteiger partial charge in [-0.1, -0.05) is 31.1 Å². The second kappa shape index (κ2) is 7.84. The number of amides is 1. The van der Waals surface area contributed by atoms with Crippen molar-refractivity contribution >= 4 is 23.2 Å². The molecule has 1 atom stereocenters. The van der Waals surface area contributed by atoms with E-state index in [2.05, 4.69) is 5.32 Å². The Morgan fingerprint density at radius 2 is 2.20 bits per heavy atom. The van der Waals surface area contributed by atoms with Gasteiger partial charge in [-0.2, -0.15) is 0 Å². The summed E-state index contributed by atoms with van der Waals surface area (Å²) in [7, 11) is 0. The fourth-order valence-corrected chi connectivity index (χ4v) is 2.58. The Bertz CT molecular complexity index is 521. The maximum Gasteiger partial charge on any atom is 0.326 e. The van der Waals surface area contributed by atoms with Crippen LogP contribution < -0.4 is 10.2 Å². The first kappa shape index (κ1) is 16.4. The summed E-state index contributed by atoms with van der Waals surface area (Å²) < 4.78 is 1.52. The van der Waals surface area contributed by atoms with E-state index in [4.69, 9.17) is 5.11 Å². The van der Waals surface area contributed by atoms with Gasteiger partial charge < -0.3 is 15.0 Å². The van der Waals surface area contributed by atoms with Crippen LogP contribution in [0, 0.1) is 6.92 Å². The van der Waals surface area contributed by atoms with E-state index in [0.29, 0.717) is 6.42 Å². The number of carbonyl (C=O) groups is 2. The summed E-state index contributed by atoms with van der Waals surface area (Å²) in [5, 5.41) is 13.3. The van der Waals surface area contributed by atoms with E-state index in [0.717, 1.165) is 29.9 Å². The fourth-order valence-electron chi connectivity index (χ4n) is 1.82. The second-order valence-corrected chi connectivity index (χ2v) is 5.47. The first-order valence-electron chi connectivity index (χ1n) is 6.62. The number of aliphatic carboxylic acids is 1. The predicted octanol–water partition coefficient (Wildman–Crippen LogP) is 1.37. The van der Waals surface area contributed by atoms with Crippen LogP contribution in [0.25, 0.3) is 0 Å². The summed E-state index contributed by atoms with van der Waals surface area (Å²) in [4.78, 5) is 34.1. The Morgan fingerprint density at radius 3 is 2.70 bits per heavy atom. The van der Waals surface area contributed by atoms with E-state index < -0.39 is 12.0 Å². The van der Waals surface area contributed by atoms with Crippen LogP contribution in [0.4, 0.5) is 0 Å². The van der Waals surface area contributed by atoms with Crippen LogP contribution in [-0.2, 0) is 16.1 Å². The number of thiazole rings is 1. The lowest BCUT2D eigenvalue weighted by Gasteiger charge is -2.14. The van der Waals surface area contributed by atoms with E-state index in [9.17, 15) is 14.4 Å². The summed E-state index contributed by atoms with van der Waals surface area (Å²) in [6, 6.07) is -0.845. The van der Waals surface area contributed by atoms with Crippen LogP contribution in [0.3, 0.4) is 0 Å². The lowest BCUT2D eigenvalue weighted by atomic mass is 10.1. The second-order valence-electron chi connectivity index (χ2n) is 4.65. The van der Waals surface area contributed by atoms with Gasteiger partial charge in [0.15, 0.2) is 0 Å². The molecule has 1 heterocycles. The minimum absolute atomic E-state index is 0.101. The summed E-state index contributed by atoms with van der Waals surface area (Å²) >= 11 is 1.09. The van der Waals surface area contributed by atoms with Crippen molar-refractivity contribution < 1.29 is 14.7 Å². The van der Waals surface area contributed by atoms with E-state index >= 15 is 0 Å². The number of carbonyl (C=O) groups excluding carboxylic acids is 1. The van der Waals surface area contributed by atoms with Crippen LogP contribution >= 0.6 is 11.3 Å². The van der Waals surface area contributed by atoms with Gasteiger partial charge in [0, 0.05) is 24.0 Å². The summed E-state index contributed by atoms with van der Waals surface area (Å²) in [6.07, 6.45) is 2.16. The molecule has 0 aliphatic heterocycles. The third-order valence-electron chi connectivity index (χ3n) is 3.02. The van der Waals surface area contributed by atoms with E-state index in [1.165, 1.54) is 4.57 Å². The Labute approximate surface area is 121 Å². The molecule has 0 aromatic carbocycles. The summed E-state index contributed by atoms with van der Waals surface area (Å²) in [6.45, 7) is 4.05. The molecule has 0 radical (unpaired) electrons. The highest BCUT2D eigenvalue weighted by Gasteiger charge is 2.19. The van der Waals surface area contributed by atoms with Crippen molar-refractivity contribution in [2.24, 2.45) is 0 Å². The van der Waals surface area contributed by atoms with Gasteiger partial charge in [0.2, 0.25) is 5.91 Å². The molecule has 0 spiro atoms. The standard InChI is InChI=1S/C13H20N2O4S/c1-3-4-5-10(12(17)18)14-11(16)6-7-15-9(2)8-20-13(15)19/h8,10H,3-7H2,1-2H3,(H,14,16)(H,17,18). The average Bonchev–Trinajstić information content (AvgIpc) is 2.71. The topological polar surface area (TPSA) is 88.4 Å². The number of carboxylic acid groups (broad SMARTS) is 1. The highest BCUT2D eigenvalue weighted by molar-refractivity contribution is 7.07. The van der Waals surface area contributed by atoms with Crippen LogP contribution in [0.1, 0.15) is 38.3 Å². The molecule has 0 fully saturated rings. The monoisotopic (exact) mass is 300 g/mol. The third-order valence-corrected chi connectivity index (χ3v) is 3.90. The molecule has 0 bridgehead atoms. The zero-order valence-electron chi connectivity index (χ0n) is 11.7. The molecule has 112 valence electrons. The predicted molar refractivity (Wildman–Crippen MR) is 77.0 cm³/mol. The number of hydrogen-bond acceptors (Lipinski definition) is 4. The zero-order valence-corrected chi connectivity index (χ0v) is 12.5. The molecule has 1 unspecified atom stereocenters. The van der Waals surface area contributed by atoms with Crippen molar-refractivity contribution in [3.8, 4) is 0 Å². The number of unbranched alkanes of at least 4 members (excludes halogenated alkanes) is 1. The minimum atomic E-state index is -1.02. The number of aromatic nitrogens is 1. The largest absolute Gasteiger partial charge is 0.480 e. The fraction of sp³-hybridized carbons (Fsp3) is 0.615. The number of aryl methyl sites for hydroxylation is 1. The molecule has 20 heavy (non-hydrogen) atoms. The molecule has 0 saturated carbocycles. The summed E-state index contributed by atoms with van der Waals surface area (Å²) in [5.74, 6) is -1.36. The lowest BCUT2D eigenvalue weighted by Crippen LogP contribution is -2.41. The number of hydrogen-bond donors (Lipinski definition) is 2. The van der Waals surface area contributed by atoms with Gasteiger partial charge in [0.05, 0.1) is 0 Å². The Balaban J connectivity index is 2.50. The third kappa shape index (κ3) is 4.80.